The van der Waals surface area contributed by atoms with Gasteiger partial charge >= 0.3 is 36.7 Å². The van der Waals surface area contributed by atoms with Crippen LogP contribution in [0.4, 0.5) is 0 Å². The number of nitrogens with two attached hydrogens (primary N) is 3. The average Bonchev–Trinajstić information content (AvgIpc) is 1.64. The Labute approximate surface area is 671 Å². The zero-order chi connectivity index (χ0) is 76.1. The van der Waals surface area contributed by atoms with Crippen LogP contribution in [0.2, 0.25) is 0 Å². The summed E-state index contributed by atoms with van der Waals surface area (Å²) >= 11 is 24.6. The summed E-state index contributed by atoms with van der Waals surface area (Å²) in [5, 5.41) is 23.9. The van der Waals surface area contributed by atoms with Crippen molar-refractivity contribution < 1.29 is 73.4 Å². The molecular formula is C71H82BBr3Cl3N16NaO10. The van der Waals surface area contributed by atoms with Gasteiger partial charge in [0.1, 0.15) is 22.6 Å². The smallest absolute Gasteiger partial charge is 0.870 e. The number of rotatable bonds is 12. The van der Waals surface area contributed by atoms with E-state index in [2.05, 4.69) is 104 Å². The first-order valence-corrected chi connectivity index (χ1v) is 35.4. The maximum atomic E-state index is 12.1. The Morgan fingerprint density at radius 2 is 1.12 bits per heavy atom. The number of carbonyl (C=O) groups excluding carboxylic acids is 5. The first-order chi connectivity index (χ1) is 49.0. The molecule has 0 aliphatic carbocycles. The second-order valence-corrected chi connectivity index (χ2v) is 26.7. The number of carbonyl (C=O) groups is 5. The van der Waals surface area contributed by atoms with Crippen LogP contribution >= 0.6 is 82.6 Å². The minimum atomic E-state index is -0.601. The average molecular weight is 1700 g/mol. The monoisotopic (exact) mass is 1690 g/mol. The maximum absolute atomic E-state index is 12.1. The number of amides is 3. The summed E-state index contributed by atoms with van der Waals surface area (Å²) < 4.78 is 23.8. The number of alkyl halides is 2. The van der Waals surface area contributed by atoms with Crippen LogP contribution in [0, 0.1) is 0 Å². The molecule has 34 heteroatoms. The quantitative estimate of drug-likeness (QED) is 0.0288. The van der Waals surface area contributed by atoms with Gasteiger partial charge in [-0.3, -0.25) is 52.9 Å². The third-order valence-corrected chi connectivity index (χ3v) is 17.2. The van der Waals surface area contributed by atoms with Crippen LogP contribution in [-0.4, -0.2) is 149 Å². The third kappa shape index (κ3) is 27.7. The molecule has 552 valence electrons. The Hall–Kier alpha value is -8.05. The second kappa shape index (κ2) is 44.8. The zero-order valence-corrected chi connectivity index (χ0v) is 68.7. The van der Waals surface area contributed by atoms with Crippen molar-refractivity contribution in [2.24, 2.45) is 30.7 Å². The molecule has 10 N–H and O–H groups in total. The number of nitrogens with one attached hydrogen (secondary N) is 2. The van der Waals surface area contributed by atoms with Gasteiger partial charge in [0.25, 0.3) is 28.5 Å². The normalized spacial score (nSPS) is 12.3. The van der Waals surface area contributed by atoms with Crippen LogP contribution in [-0.2, 0) is 23.4 Å². The van der Waals surface area contributed by atoms with Gasteiger partial charge in [-0.15, -0.1) is 28.3 Å². The van der Waals surface area contributed by atoms with E-state index in [-0.39, 0.29) is 81.6 Å². The molecule has 11 aromatic rings. The van der Waals surface area contributed by atoms with Crippen molar-refractivity contribution >= 4 is 135 Å². The largest absolute Gasteiger partial charge is 1.00 e. The fourth-order valence-electron chi connectivity index (χ4n) is 9.20. The number of aliphatic hydroxyl groups is 1. The summed E-state index contributed by atoms with van der Waals surface area (Å²) in [5.74, 6) is 4.49. The van der Waals surface area contributed by atoms with Crippen molar-refractivity contribution in [2.75, 3.05) is 43.4 Å². The molecule has 0 bridgehead atoms. The summed E-state index contributed by atoms with van der Waals surface area (Å²) in [6.07, 6.45) is 14.5. The number of aliphatic hydroxyl groups excluding tert-OH is 1. The van der Waals surface area contributed by atoms with Crippen LogP contribution in [0.25, 0.3) is 28.0 Å². The maximum Gasteiger partial charge on any atom is 1.00 e. The number of aromatic nitrogens is 10. The number of halogens is 6. The van der Waals surface area contributed by atoms with Gasteiger partial charge in [-0.25, -0.2) is 9.19 Å². The van der Waals surface area contributed by atoms with Crippen molar-refractivity contribution in [3.05, 3.63) is 253 Å². The number of primary amides is 2. The van der Waals surface area contributed by atoms with E-state index in [9.17, 15) is 28.8 Å². The number of aromatic amines is 1. The number of Topliss-reactive ketones (excluding diaryl/α,β-unsaturated/α-hetero) is 1. The Morgan fingerprint density at radius 1 is 0.648 bits per heavy atom. The molecule has 2 aliphatic rings. The van der Waals surface area contributed by atoms with E-state index in [1.165, 1.54) is 35.1 Å². The molecule has 0 spiro atoms. The molecule has 1 saturated heterocycles. The van der Waals surface area contributed by atoms with E-state index in [4.69, 9.17) is 66.5 Å². The van der Waals surface area contributed by atoms with E-state index >= 15 is 0 Å². The first kappa shape index (κ1) is 91.2. The summed E-state index contributed by atoms with van der Waals surface area (Å²) in [5.41, 5.74) is 20.5. The number of aryl methyl sites for hydroxylation is 2. The minimum absolute atomic E-state index is 0. The predicted octanol–water partition coefficient (Wildman–Crippen LogP) is 8.97. The summed E-state index contributed by atoms with van der Waals surface area (Å²) in [6.45, 7) is 18.3. The molecule has 7 aromatic heterocycles. The molecule has 0 radical (unpaired) electrons. The Bertz CT molecular complexity index is 4600. The van der Waals surface area contributed by atoms with Gasteiger partial charge in [0, 0.05) is 106 Å². The number of hydrogen-bond donors (Lipinski definition) is 6. The third-order valence-electron chi connectivity index (χ3n) is 15.4. The van der Waals surface area contributed by atoms with Crippen molar-refractivity contribution in [3.63, 3.8) is 0 Å². The van der Waals surface area contributed by atoms with E-state index in [1.807, 2.05) is 115 Å². The van der Waals surface area contributed by atoms with Gasteiger partial charge in [-0.1, -0.05) is 105 Å². The number of nitrogen functional groups attached to an aromatic ring is 1. The van der Waals surface area contributed by atoms with E-state index in [0.717, 1.165) is 54.0 Å². The minimum Gasteiger partial charge on any atom is -0.870 e. The van der Waals surface area contributed by atoms with E-state index < -0.39 is 17.1 Å². The number of H-pyrrole nitrogens is 1. The fraction of sp³-hybridized carbons (Fsp3) is 0.239. The molecule has 0 atom stereocenters. The molecule has 1 fully saturated rings. The number of fused-ring (bicyclic) bond motifs is 2. The molecule has 105 heavy (non-hydrogen) atoms. The molecule has 0 saturated carbocycles. The number of hydrogen-bond acceptors (Lipinski definition) is 16. The standard InChI is InChI=1S/C17H14N4O.C12H10BrN3O2.C12H8BrN3O.C10H17BN2O2.C7H4BrClO.C6H15N.C5H7N3O.CH2Cl2.CH4O.Na.H2O/c1-20-11-14(10-18-20)12-4-6-13(7-5-12)15-9-17(22)16-3-2-8-21(16)19-15;13-9-5-3-8(4-6-9)12(18)15-16-7-1-2-10(16)11(14)17;13-9-5-3-8(4-6-9)11-14-12(17)10-2-1-7-16(10)15-11;1-9(2)10(3,4)15-11(14-9)8-6-12-13(5)7-8;8-6-3-1-5(2-4-6)7(9)10;1-4-7(5-2)6-3;6-5(9)4-2-1-3-8(4)7;2-1-3;1-2;;/h2-8,10-11H,9H2,1H3;1-7H,(H2,14,17)(H,15,18);1-7H,(H,14,15,17);6-7H,1-5H3;1-4H;4-6H2,1-3H3;1-3H,7H2,(H2,6,9);1H2;2H,1H3;;1H2/q;;;;;;;;;+1;/p-1. The van der Waals surface area contributed by atoms with Crippen molar-refractivity contribution in [1.29, 1.82) is 0 Å². The predicted molar refractivity (Wildman–Crippen MR) is 420 cm³/mol. The van der Waals surface area contributed by atoms with Crippen molar-refractivity contribution in [2.45, 2.75) is 66.1 Å². The SMILES string of the molecule is CCN(CC)CC.CO.ClCCl.Cn1cc(-c2ccc(C3=Nn4cccc4C(=O)C3)cc2)cn1.Cn1cc(B2OC(C)(C)C(C)(C)O2)cn1.NC(=O)c1cccn1N.NC(=O)c1cccn1NC(=O)c1ccc(Br)cc1.O=C(Cl)c1ccc(Br)cc1.O=c1[nH]c(-c2ccc(Br)cc2)nn2cccc12.[Na+].[OH-]. The first-order valence-electron chi connectivity index (χ1n) is 31.6. The van der Waals surface area contributed by atoms with Gasteiger partial charge in [0.05, 0.1) is 34.9 Å². The number of nitrogens with zero attached hydrogens (tertiary/aromatic N) is 11. The van der Waals surface area contributed by atoms with Gasteiger partial charge in [0.2, 0.25) is 0 Å². The summed E-state index contributed by atoms with van der Waals surface area (Å²) in [4.78, 5) is 72.9. The number of ketones is 1. The molecule has 26 nitrogen and oxygen atoms in total. The van der Waals surface area contributed by atoms with Crippen LogP contribution in [0.5, 0.6) is 0 Å². The molecule has 3 amide bonds. The van der Waals surface area contributed by atoms with Crippen LogP contribution in [0.1, 0.15) is 113 Å². The topological polar surface area (TPSA) is 360 Å². The fourth-order valence-corrected chi connectivity index (χ4v) is 10.1. The van der Waals surface area contributed by atoms with Crippen LogP contribution in [0.15, 0.2) is 218 Å². The van der Waals surface area contributed by atoms with Gasteiger partial charge < -0.3 is 47.1 Å². The van der Waals surface area contributed by atoms with E-state index in [0.29, 0.717) is 40.3 Å². The van der Waals surface area contributed by atoms with Gasteiger partial charge in [-0.05, 0) is 179 Å². The zero-order valence-electron chi connectivity index (χ0n) is 59.7. The van der Waals surface area contributed by atoms with Gasteiger partial charge in [-0.2, -0.15) is 15.3 Å². The summed E-state index contributed by atoms with van der Waals surface area (Å²) in [7, 11) is 4.48. The van der Waals surface area contributed by atoms with Crippen LogP contribution in [0.3, 0.4) is 0 Å². The molecule has 9 heterocycles. The Kier molecular flexibility index (Phi) is 38.9. The summed E-state index contributed by atoms with van der Waals surface area (Å²) in [6, 6.07) is 43.0. The Balaban J connectivity index is 0.000000322. The Morgan fingerprint density at radius 3 is 1.59 bits per heavy atom. The van der Waals surface area contributed by atoms with Crippen LogP contribution < -0.4 is 63.3 Å². The number of benzene rings is 4. The van der Waals surface area contributed by atoms with Crippen molar-refractivity contribution in [3.8, 4) is 22.5 Å². The van der Waals surface area contributed by atoms with E-state index in [1.54, 1.807) is 134 Å². The molecule has 13 rings (SSSR count). The van der Waals surface area contributed by atoms with Crippen molar-refractivity contribution in [1.82, 2.24) is 53.1 Å². The van der Waals surface area contributed by atoms with Gasteiger partial charge in [0.15, 0.2) is 11.6 Å². The molecule has 4 aromatic carbocycles. The molecule has 2 aliphatic heterocycles. The molecular weight excluding hydrogens is 1620 g/mol. The second-order valence-electron chi connectivity index (χ2n) is 22.8. The molecule has 0 unspecified atom stereocenters.